The Morgan fingerprint density at radius 3 is 2.45 bits per heavy atom. The predicted octanol–water partition coefficient (Wildman–Crippen LogP) is 2.66. The fraction of sp³-hybridized carbons (Fsp3) is 0.600. The summed E-state index contributed by atoms with van der Waals surface area (Å²) in [6.45, 7) is 5.39. The van der Waals surface area contributed by atoms with Crippen LogP contribution in [0.3, 0.4) is 0 Å². The average molecular weight is 488 g/mol. The van der Waals surface area contributed by atoms with Crippen molar-refractivity contribution in [3.63, 3.8) is 0 Å². The highest BCUT2D eigenvalue weighted by molar-refractivity contribution is 9.10. The molecule has 29 heavy (non-hydrogen) atoms. The third-order valence-corrected chi connectivity index (χ3v) is 7.21. The van der Waals surface area contributed by atoms with Crippen LogP contribution in [0.25, 0.3) is 0 Å². The molecule has 9 heteroatoms. The monoisotopic (exact) mass is 487 g/mol. The summed E-state index contributed by atoms with van der Waals surface area (Å²) in [5.74, 6) is 0.104. The van der Waals surface area contributed by atoms with Crippen LogP contribution in [0, 0.1) is 5.92 Å². The summed E-state index contributed by atoms with van der Waals surface area (Å²) in [6.07, 6.45) is 3.21. The van der Waals surface area contributed by atoms with Crippen LogP contribution in [0.5, 0.6) is 0 Å². The zero-order valence-corrected chi connectivity index (χ0v) is 19.4. The molecule has 1 heterocycles. The lowest BCUT2D eigenvalue weighted by Crippen LogP contribution is -2.48. The van der Waals surface area contributed by atoms with E-state index in [0.717, 1.165) is 25.7 Å². The number of carbonyl (C=O) groups is 2. The van der Waals surface area contributed by atoms with Gasteiger partial charge in [-0.15, -0.1) is 0 Å². The van der Waals surface area contributed by atoms with Crippen LogP contribution in [0.4, 0.5) is 0 Å². The molecule has 162 valence electrons. The molecule has 2 rings (SSSR count). The van der Waals surface area contributed by atoms with Gasteiger partial charge in [0.2, 0.25) is 21.8 Å². The molecule has 0 aliphatic carbocycles. The molecule has 0 atom stereocenters. The first-order chi connectivity index (χ1) is 13.8. The topological polar surface area (TPSA) is 95.6 Å². The first kappa shape index (κ1) is 23.8. The van der Waals surface area contributed by atoms with Crippen molar-refractivity contribution in [2.75, 3.05) is 19.6 Å². The van der Waals surface area contributed by atoms with Crippen LogP contribution in [0.1, 0.15) is 46.0 Å². The van der Waals surface area contributed by atoms with Crippen LogP contribution in [-0.2, 0) is 19.6 Å². The van der Waals surface area contributed by atoms with Crippen LogP contribution in [0.2, 0.25) is 0 Å². The number of rotatable bonds is 9. The van der Waals surface area contributed by atoms with E-state index >= 15 is 0 Å². The van der Waals surface area contributed by atoms with E-state index in [0.29, 0.717) is 17.6 Å². The molecule has 1 fully saturated rings. The highest BCUT2D eigenvalue weighted by atomic mass is 79.9. The van der Waals surface area contributed by atoms with E-state index in [1.165, 1.54) is 12.1 Å². The standard InChI is InChI=1S/C20H30BrN3O4S/c1-3-15(4-2)20(26)24-12-9-17(10-13-24)23-19(25)8-11-22-29(27,28)18-7-5-6-16(21)14-18/h5-7,14-15,17,22H,3-4,8-13H2,1-2H3,(H,23,25). The number of amides is 2. The molecule has 1 saturated heterocycles. The molecule has 0 bridgehead atoms. The second-order valence-corrected chi connectivity index (χ2v) is 9.97. The van der Waals surface area contributed by atoms with Gasteiger partial charge in [-0.3, -0.25) is 9.59 Å². The maximum Gasteiger partial charge on any atom is 0.240 e. The fourth-order valence-corrected chi connectivity index (χ4v) is 5.08. The van der Waals surface area contributed by atoms with Crippen LogP contribution in [-0.4, -0.2) is 50.8 Å². The normalized spacial score (nSPS) is 15.5. The number of nitrogens with zero attached hydrogens (tertiary/aromatic N) is 1. The zero-order valence-electron chi connectivity index (χ0n) is 17.0. The molecule has 0 unspecified atom stereocenters. The fourth-order valence-electron chi connectivity index (χ4n) is 3.46. The van der Waals surface area contributed by atoms with E-state index in [4.69, 9.17) is 0 Å². The first-order valence-corrected chi connectivity index (χ1v) is 12.4. The number of sulfonamides is 1. The lowest BCUT2D eigenvalue weighted by molar-refractivity contribution is -0.137. The number of hydrogen-bond donors (Lipinski definition) is 2. The molecule has 1 aliphatic heterocycles. The Hall–Kier alpha value is -1.45. The maximum absolute atomic E-state index is 12.4. The summed E-state index contributed by atoms with van der Waals surface area (Å²) >= 11 is 3.25. The van der Waals surface area contributed by atoms with Crippen molar-refractivity contribution in [2.24, 2.45) is 5.92 Å². The second kappa shape index (κ2) is 11.1. The van der Waals surface area contributed by atoms with Gasteiger partial charge in [0, 0.05) is 42.5 Å². The number of carbonyl (C=O) groups excluding carboxylic acids is 2. The van der Waals surface area contributed by atoms with Crippen molar-refractivity contribution in [3.8, 4) is 0 Å². The van der Waals surface area contributed by atoms with Crippen LogP contribution in [0.15, 0.2) is 33.6 Å². The van der Waals surface area contributed by atoms with Crippen molar-refractivity contribution in [1.82, 2.24) is 14.9 Å². The molecular formula is C20H30BrN3O4S. The molecule has 1 aliphatic rings. The van der Waals surface area contributed by atoms with Crippen molar-refractivity contribution in [2.45, 2.75) is 56.9 Å². The Morgan fingerprint density at radius 2 is 1.86 bits per heavy atom. The van der Waals surface area contributed by atoms with E-state index in [-0.39, 0.29) is 41.6 Å². The van der Waals surface area contributed by atoms with Gasteiger partial charge in [0.25, 0.3) is 0 Å². The average Bonchev–Trinajstić information content (AvgIpc) is 2.69. The number of likely N-dealkylation sites (tertiary alicyclic amines) is 1. The highest BCUT2D eigenvalue weighted by Crippen LogP contribution is 2.18. The van der Waals surface area contributed by atoms with Crippen LogP contribution < -0.4 is 10.0 Å². The SMILES string of the molecule is CCC(CC)C(=O)N1CCC(NC(=O)CCNS(=O)(=O)c2cccc(Br)c2)CC1. The summed E-state index contributed by atoms with van der Waals surface area (Å²) in [7, 11) is -3.65. The smallest absolute Gasteiger partial charge is 0.240 e. The van der Waals surface area contributed by atoms with Gasteiger partial charge in [-0.25, -0.2) is 13.1 Å². The molecule has 7 nitrogen and oxygen atoms in total. The molecular weight excluding hydrogens is 458 g/mol. The molecule has 2 N–H and O–H groups in total. The van der Waals surface area contributed by atoms with Crippen molar-refractivity contribution >= 4 is 37.8 Å². The highest BCUT2D eigenvalue weighted by Gasteiger charge is 2.27. The lowest BCUT2D eigenvalue weighted by Gasteiger charge is -2.34. The minimum atomic E-state index is -3.65. The molecule has 1 aromatic rings. The predicted molar refractivity (Wildman–Crippen MR) is 116 cm³/mol. The second-order valence-electron chi connectivity index (χ2n) is 7.29. The van der Waals surface area contributed by atoms with Gasteiger partial charge in [0.05, 0.1) is 4.90 Å². The summed E-state index contributed by atoms with van der Waals surface area (Å²) in [5.41, 5.74) is 0. The molecule has 1 aromatic carbocycles. The van der Waals surface area contributed by atoms with Gasteiger partial charge >= 0.3 is 0 Å². The Morgan fingerprint density at radius 1 is 1.21 bits per heavy atom. The quantitative estimate of drug-likeness (QED) is 0.559. The van der Waals surface area contributed by atoms with Crippen molar-refractivity contribution in [3.05, 3.63) is 28.7 Å². The van der Waals surface area contributed by atoms with Crippen molar-refractivity contribution < 1.29 is 18.0 Å². The first-order valence-electron chi connectivity index (χ1n) is 10.1. The Labute approximate surface area is 181 Å². The van der Waals surface area contributed by atoms with Gasteiger partial charge in [-0.1, -0.05) is 35.8 Å². The summed E-state index contributed by atoms with van der Waals surface area (Å²) < 4.78 is 27.6. The van der Waals surface area contributed by atoms with E-state index in [9.17, 15) is 18.0 Å². The summed E-state index contributed by atoms with van der Waals surface area (Å²) in [5, 5.41) is 2.95. The van der Waals surface area contributed by atoms with Crippen molar-refractivity contribution in [1.29, 1.82) is 0 Å². The van der Waals surface area contributed by atoms with Gasteiger partial charge < -0.3 is 10.2 Å². The lowest BCUT2D eigenvalue weighted by atomic mass is 9.98. The number of piperidine rings is 1. The summed E-state index contributed by atoms with van der Waals surface area (Å²) in [4.78, 5) is 26.7. The summed E-state index contributed by atoms with van der Waals surface area (Å²) in [6, 6.07) is 6.43. The number of benzene rings is 1. The maximum atomic E-state index is 12.4. The van der Waals surface area contributed by atoms with E-state index < -0.39 is 10.0 Å². The zero-order chi connectivity index (χ0) is 21.4. The molecule has 0 radical (unpaired) electrons. The van der Waals surface area contributed by atoms with E-state index in [1.54, 1.807) is 12.1 Å². The van der Waals surface area contributed by atoms with E-state index in [1.807, 2.05) is 18.7 Å². The number of halogens is 1. The van der Waals surface area contributed by atoms with Gasteiger partial charge in [0.1, 0.15) is 0 Å². The van der Waals surface area contributed by atoms with Gasteiger partial charge in [-0.05, 0) is 43.9 Å². The third kappa shape index (κ3) is 7.08. The molecule has 0 aromatic heterocycles. The minimum Gasteiger partial charge on any atom is -0.353 e. The molecule has 2 amide bonds. The Kier molecular flexibility index (Phi) is 9.10. The van der Waals surface area contributed by atoms with Gasteiger partial charge in [-0.2, -0.15) is 0 Å². The van der Waals surface area contributed by atoms with Gasteiger partial charge in [0.15, 0.2) is 0 Å². The minimum absolute atomic E-state index is 0.0231. The number of hydrogen-bond acceptors (Lipinski definition) is 4. The molecule has 0 saturated carbocycles. The number of nitrogens with one attached hydrogen (secondary N) is 2. The third-order valence-electron chi connectivity index (χ3n) is 5.26. The largest absolute Gasteiger partial charge is 0.353 e. The van der Waals surface area contributed by atoms with Crippen LogP contribution >= 0.6 is 15.9 Å². The Balaban J connectivity index is 1.73. The molecule has 0 spiro atoms. The Bertz CT molecular complexity index is 804. The van der Waals surface area contributed by atoms with E-state index in [2.05, 4.69) is 26.0 Å².